The van der Waals surface area contributed by atoms with Crippen LogP contribution in [0.15, 0.2) is 24.3 Å². The second-order valence-corrected chi connectivity index (χ2v) is 5.39. The molecule has 1 aromatic carbocycles. The van der Waals surface area contributed by atoms with Crippen LogP contribution in [0.5, 0.6) is 0 Å². The van der Waals surface area contributed by atoms with Gasteiger partial charge in [0, 0.05) is 5.56 Å². The smallest absolute Gasteiger partial charge is 0.159 e. The van der Waals surface area contributed by atoms with Gasteiger partial charge in [0.25, 0.3) is 0 Å². The summed E-state index contributed by atoms with van der Waals surface area (Å²) in [6.07, 6.45) is 0. The number of alkyl halides is 1. The second kappa shape index (κ2) is 4.00. The van der Waals surface area contributed by atoms with E-state index in [0.717, 1.165) is 0 Å². The number of hydrogen-bond acceptors (Lipinski definition) is 1. The zero-order valence-electron chi connectivity index (χ0n) is 10.6. The van der Waals surface area contributed by atoms with Gasteiger partial charge in [-0.2, -0.15) is 0 Å². The molecule has 1 rings (SSSR count). The fourth-order valence-corrected chi connectivity index (χ4v) is 1.45. The van der Waals surface area contributed by atoms with Crippen molar-refractivity contribution < 1.29 is 9.18 Å². The minimum absolute atomic E-state index is 0.00266. The Morgan fingerprint density at radius 3 is 1.81 bits per heavy atom. The fraction of sp³-hybridized carbons (Fsp3) is 0.500. The molecule has 1 nitrogen and oxygen atoms in total. The lowest BCUT2D eigenvalue weighted by Crippen LogP contribution is -2.32. The third-order valence-corrected chi connectivity index (χ3v) is 3.24. The molecule has 1 aromatic rings. The van der Waals surface area contributed by atoms with Crippen molar-refractivity contribution in [2.75, 3.05) is 0 Å². The van der Waals surface area contributed by atoms with Gasteiger partial charge in [0.05, 0.1) is 0 Å². The van der Waals surface area contributed by atoms with E-state index in [9.17, 15) is 9.18 Å². The standard InChI is InChI=1S/C14H19FO/c1-10(16)11-6-8-12(9-7-11)14(5,15)13(2,3)4/h6-9H,1-5H3. The Kier molecular flexibility index (Phi) is 3.22. The summed E-state index contributed by atoms with van der Waals surface area (Å²) < 4.78 is 14.6. The highest BCUT2D eigenvalue weighted by molar-refractivity contribution is 5.94. The van der Waals surface area contributed by atoms with E-state index in [1.54, 1.807) is 31.2 Å². The molecule has 0 radical (unpaired) electrons. The first-order valence-corrected chi connectivity index (χ1v) is 5.46. The summed E-state index contributed by atoms with van der Waals surface area (Å²) in [5.41, 5.74) is -0.633. The highest BCUT2D eigenvalue weighted by atomic mass is 19.1. The van der Waals surface area contributed by atoms with E-state index in [4.69, 9.17) is 0 Å². The second-order valence-electron chi connectivity index (χ2n) is 5.39. The van der Waals surface area contributed by atoms with Gasteiger partial charge in [0.1, 0.15) is 5.67 Å². The predicted molar refractivity (Wildman–Crippen MR) is 64.4 cm³/mol. The van der Waals surface area contributed by atoms with Crippen molar-refractivity contribution in [2.45, 2.75) is 40.3 Å². The van der Waals surface area contributed by atoms with E-state index < -0.39 is 11.1 Å². The maximum Gasteiger partial charge on any atom is 0.159 e. The molecule has 1 unspecified atom stereocenters. The lowest BCUT2D eigenvalue weighted by molar-refractivity contribution is 0.0452. The van der Waals surface area contributed by atoms with Crippen LogP contribution in [0.2, 0.25) is 0 Å². The number of halogens is 1. The zero-order valence-corrected chi connectivity index (χ0v) is 10.6. The number of Topliss-reactive ketones (excluding diaryl/α,β-unsaturated/α-hetero) is 1. The number of benzene rings is 1. The molecule has 0 aromatic heterocycles. The van der Waals surface area contributed by atoms with Gasteiger partial charge in [-0.1, -0.05) is 45.0 Å². The van der Waals surface area contributed by atoms with Gasteiger partial charge in [0.2, 0.25) is 0 Å². The van der Waals surface area contributed by atoms with Crippen molar-refractivity contribution in [2.24, 2.45) is 5.41 Å². The first kappa shape index (κ1) is 12.9. The Balaban J connectivity index is 3.11. The summed E-state index contributed by atoms with van der Waals surface area (Å²) in [7, 11) is 0. The molecule has 0 aliphatic rings. The van der Waals surface area contributed by atoms with Gasteiger partial charge < -0.3 is 0 Å². The normalized spacial score (nSPS) is 15.6. The lowest BCUT2D eigenvalue weighted by Gasteiger charge is -2.35. The predicted octanol–water partition coefficient (Wildman–Crippen LogP) is 4.12. The fourth-order valence-electron chi connectivity index (χ4n) is 1.45. The maximum atomic E-state index is 14.6. The van der Waals surface area contributed by atoms with Crippen molar-refractivity contribution >= 4 is 5.78 Å². The molecule has 0 fully saturated rings. The number of carbonyl (C=O) groups is 1. The van der Waals surface area contributed by atoms with Crippen LogP contribution in [-0.4, -0.2) is 5.78 Å². The Morgan fingerprint density at radius 2 is 1.50 bits per heavy atom. The summed E-state index contributed by atoms with van der Waals surface area (Å²) in [6.45, 7) is 8.69. The van der Waals surface area contributed by atoms with Crippen LogP contribution >= 0.6 is 0 Å². The molecular weight excluding hydrogens is 203 g/mol. The minimum Gasteiger partial charge on any atom is -0.295 e. The molecule has 0 aliphatic carbocycles. The quantitative estimate of drug-likeness (QED) is 0.688. The summed E-state index contributed by atoms with van der Waals surface area (Å²) >= 11 is 0. The Morgan fingerprint density at radius 1 is 1.06 bits per heavy atom. The van der Waals surface area contributed by atoms with Gasteiger partial charge >= 0.3 is 0 Å². The summed E-state index contributed by atoms with van der Waals surface area (Å²) in [5.74, 6) is 0.00266. The number of carbonyl (C=O) groups excluding carboxylic acids is 1. The van der Waals surface area contributed by atoms with Crippen molar-refractivity contribution in [3.8, 4) is 0 Å². The molecule has 0 amide bonds. The van der Waals surface area contributed by atoms with Crippen LogP contribution in [0.3, 0.4) is 0 Å². The molecule has 0 spiro atoms. The van der Waals surface area contributed by atoms with Crippen LogP contribution in [0.4, 0.5) is 4.39 Å². The molecule has 1 atom stereocenters. The monoisotopic (exact) mass is 222 g/mol. The number of hydrogen-bond donors (Lipinski definition) is 0. The maximum absolute atomic E-state index is 14.6. The van der Waals surface area contributed by atoms with Gasteiger partial charge in [-0.05, 0) is 24.8 Å². The molecule has 88 valence electrons. The summed E-state index contributed by atoms with van der Waals surface area (Å²) in [6, 6.07) is 6.76. The van der Waals surface area contributed by atoms with E-state index >= 15 is 0 Å². The molecule has 0 saturated heterocycles. The average Bonchev–Trinajstić information content (AvgIpc) is 2.16. The van der Waals surface area contributed by atoms with Gasteiger partial charge in [-0.15, -0.1) is 0 Å². The lowest BCUT2D eigenvalue weighted by atomic mass is 9.75. The van der Waals surface area contributed by atoms with Gasteiger partial charge in [-0.25, -0.2) is 4.39 Å². The summed E-state index contributed by atoms with van der Waals surface area (Å²) in [5, 5.41) is 0. The van der Waals surface area contributed by atoms with E-state index in [1.165, 1.54) is 6.92 Å². The highest BCUT2D eigenvalue weighted by Gasteiger charge is 2.39. The van der Waals surface area contributed by atoms with E-state index in [1.807, 2.05) is 20.8 Å². The largest absolute Gasteiger partial charge is 0.295 e. The zero-order chi connectivity index (χ0) is 12.6. The first-order valence-electron chi connectivity index (χ1n) is 5.46. The molecule has 16 heavy (non-hydrogen) atoms. The molecule has 2 heteroatoms. The molecule has 0 aliphatic heterocycles. The van der Waals surface area contributed by atoms with Crippen LogP contribution in [0.25, 0.3) is 0 Å². The van der Waals surface area contributed by atoms with E-state index in [2.05, 4.69) is 0 Å². The topological polar surface area (TPSA) is 17.1 Å². The Labute approximate surface area is 96.7 Å². The Bertz CT molecular complexity index is 382. The van der Waals surface area contributed by atoms with Crippen molar-refractivity contribution in [1.82, 2.24) is 0 Å². The van der Waals surface area contributed by atoms with Crippen molar-refractivity contribution in [3.63, 3.8) is 0 Å². The van der Waals surface area contributed by atoms with Crippen LogP contribution < -0.4 is 0 Å². The molecule has 0 N–H and O–H groups in total. The highest BCUT2D eigenvalue weighted by Crippen LogP contribution is 2.42. The SMILES string of the molecule is CC(=O)c1ccc(C(C)(F)C(C)(C)C)cc1. The van der Waals surface area contributed by atoms with Gasteiger partial charge in [-0.3, -0.25) is 4.79 Å². The van der Waals surface area contributed by atoms with E-state index in [0.29, 0.717) is 11.1 Å². The molecule has 0 heterocycles. The average molecular weight is 222 g/mol. The number of ketones is 1. The number of rotatable bonds is 2. The minimum atomic E-state index is -1.40. The van der Waals surface area contributed by atoms with E-state index in [-0.39, 0.29) is 5.78 Å². The van der Waals surface area contributed by atoms with Gasteiger partial charge in [0.15, 0.2) is 5.78 Å². The third kappa shape index (κ3) is 2.31. The molecule has 0 saturated carbocycles. The van der Waals surface area contributed by atoms with Crippen molar-refractivity contribution in [1.29, 1.82) is 0 Å². The summed E-state index contributed by atoms with van der Waals surface area (Å²) in [4.78, 5) is 11.1. The third-order valence-electron chi connectivity index (χ3n) is 3.24. The first-order chi connectivity index (χ1) is 7.16. The van der Waals surface area contributed by atoms with Crippen molar-refractivity contribution in [3.05, 3.63) is 35.4 Å². The van der Waals surface area contributed by atoms with Crippen LogP contribution in [0.1, 0.15) is 50.5 Å². The van der Waals surface area contributed by atoms with Crippen LogP contribution in [-0.2, 0) is 5.67 Å². The van der Waals surface area contributed by atoms with Crippen LogP contribution in [0, 0.1) is 5.41 Å². The Hall–Kier alpha value is -1.18. The molecule has 0 bridgehead atoms. The molecular formula is C14H19FO.